The second kappa shape index (κ2) is 6.31. The lowest BCUT2D eigenvalue weighted by Gasteiger charge is -2.22. The number of benzene rings is 1. The molecule has 2 nitrogen and oxygen atoms in total. The first-order valence-corrected chi connectivity index (χ1v) is 7.26. The van der Waals surface area contributed by atoms with Crippen molar-refractivity contribution in [3.8, 4) is 5.75 Å². The van der Waals surface area contributed by atoms with E-state index in [0.29, 0.717) is 0 Å². The Kier molecular flexibility index (Phi) is 4.75. The molecule has 2 rings (SSSR count). The number of piperidine rings is 1. The van der Waals surface area contributed by atoms with Gasteiger partial charge >= 0.3 is 0 Å². The van der Waals surface area contributed by atoms with Crippen LogP contribution in [0.5, 0.6) is 5.75 Å². The minimum Gasteiger partial charge on any atom is -0.496 e. The molecule has 0 aromatic heterocycles. The first kappa shape index (κ1) is 12.8. The van der Waals surface area contributed by atoms with Crippen LogP contribution in [0.4, 0.5) is 0 Å². The Balaban J connectivity index is 1.87. The van der Waals surface area contributed by atoms with E-state index in [1.165, 1.54) is 42.1 Å². The predicted molar refractivity (Wildman–Crippen MR) is 74.0 cm³/mol. The molecule has 1 aliphatic heterocycles. The van der Waals surface area contributed by atoms with Crippen molar-refractivity contribution in [3.05, 3.63) is 23.8 Å². The molecule has 1 aliphatic rings. The van der Waals surface area contributed by atoms with Crippen molar-refractivity contribution in [1.82, 2.24) is 5.32 Å². The van der Waals surface area contributed by atoms with Crippen LogP contribution in [0.25, 0.3) is 0 Å². The fourth-order valence-electron chi connectivity index (χ4n) is 2.22. The third-order valence-corrected chi connectivity index (χ3v) is 4.48. The van der Waals surface area contributed by atoms with Gasteiger partial charge in [0.2, 0.25) is 0 Å². The molecule has 0 radical (unpaired) electrons. The molecule has 1 fully saturated rings. The molecule has 0 saturated carbocycles. The van der Waals surface area contributed by atoms with E-state index in [1.54, 1.807) is 7.11 Å². The van der Waals surface area contributed by atoms with Crippen molar-refractivity contribution in [3.63, 3.8) is 0 Å². The molecule has 1 heterocycles. The van der Waals surface area contributed by atoms with E-state index >= 15 is 0 Å². The monoisotopic (exact) mass is 251 g/mol. The Hall–Kier alpha value is -0.670. The van der Waals surface area contributed by atoms with Crippen molar-refractivity contribution in [2.75, 3.05) is 26.0 Å². The van der Waals surface area contributed by atoms with Crippen LogP contribution in [0.1, 0.15) is 18.4 Å². The van der Waals surface area contributed by atoms with E-state index in [1.807, 2.05) is 11.8 Å². The fourth-order valence-corrected chi connectivity index (χ4v) is 3.36. The summed E-state index contributed by atoms with van der Waals surface area (Å²) in [5.74, 6) is 3.03. The number of rotatable bonds is 4. The highest BCUT2D eigenvalue weighted by Gasteiger charge is 2.13. The lowest BCUT2D eigenvalue weighted by Crippen LogP contribution is -2.30. The summed E-state index contributed by atoms with van der Waals surface area (Å²) >= 11 is 1.96. The van der Waals surface area contributed by atoms with Gasteiger partial charge in [-0.05, 0) is 62.5 Å². The average molecular weight is 251 g/mol. The molecule has 3 heteroatoms. The van der Waals surface area contributed by atoms with Gasteiger partial charge in [0.05, 0.1) is 7.11 Å². The first-order valence-electron chi connectivity index (χ1n) is 6.28. The minimum absolute atomic E-state index is 0.830. The van der Waals surface area contributed by atoms with Gasteiger partial charge in [0, 0.05) is 10.6 Å². The Morgan fingerprint density at radius 3 is 3.00 bits per heavy atom. The summed E-state index contributed by atoms with van der Waals surface area (Å²) in [6, 6.07) is 6.45. The van der Waals surface area contributed by atoms with Gasteiger partial charge in [-0.2, -0.15) is 0 Å². The van der Waals surface area contributed by atoms with Crippen molar-refractivity contribution < 1.29 is 4.74 Å². The van der Waals surface area contributed by atoms with Gasteiger partial charge in [-0.1, -0.05) is 0 Å². The van der Waals surface area contributed by atoms with E-state index in [9.17, 15) is 0 Å². The summed E-state index contributed by atoms with van der Waals surface area (Å²) in [6.07, 6.45) is 2.70. The van der Waals surface area contributed by atoms with E-state index < -0.39 is 0 Å². The number of nitrogens with one attached hydrogen (secondary N) is 1. The van der Waals surface area contributed by atoms with Gasteiger partial charge in [-0.15, -0.1) is 11.8 Å². The summed E-state index contributed by atoms with van der Waals surface area (Å²) in [6.45, 7) is 4.48. The van der Waals surface area contributed by atoms with Crippen LogP contribution in [0.3, 0.4) is 0 Å². The number of ether oxygens (including phenoxy) is 1. The highest BCUT2D eigenvalue weighted by atomic mass is 32.2. The normalized spacial score (nSPS) is 20.2. The van der Waals surface area contributed by atoms with Crippen molar-refractivity contribution in [1.29, 1.82) is 0 Å². The quantitative estimate of drug-likeness (QED) is 0.831. The zero-order valence-electron chi connectivity index (χ0n) is 10.7. The van der Waals surface area contributed by atoms with Gasteiger partial charge in [-0.25, -0.2) is 0 Å². The molecule has 0 amide bonds. The van der Waals surface area contributed by atoms with E-state index in [0.717, 1.165) is 11.7 Å². The van der Waals surface area contributed by atoms with E-state index in [-0.39, 0.29) is 0 Å². The van der Waals surface area contributed by atoms with Gasteiger partial charge in [0.1, 0.15) is 5.75 Å². The van der Waals surface area contributed by atoms with Crippen LogP contribution in [0.15, 0.2) is 23.1 Å². The molecule has 17 heavy (non-hydrogen) atoms. The fraction of sp³-hybridized carbons (Fsp3) is 0.571. The molecule has 1 N–H and O–H groups in total. The summed E-state index contributed by atoms with van der Waals surface area (Å²) in [5, 5.41) is 3.47. The SMILES string of the molecule is COc1ccc(SCC2CCCNC2)cc1C. The van der Waals surface area contributed by atoms with Gasteiger partial charge in [0.15, 0.2) is 0 Å². The third-order valence-electron chi connectivity index (χ3n) is 3.25. The molecular weight excluding hydrogens is 230 g/mol. The van der Waals surface area contributed by atoms with Crippen LogP contribution in [-0.4, -0.2) is 26.0 Å². The average Bonchev–Trinajstić information content (AvgIpc) is 2.38. The van der Waals surface area contributed by atoms with E-state index in [4.69, 9.17) is 4.74 Å². The minimum atomic E-state index is 0.830. The standard InChI is InChI=1S/C14H21NOS/c1-11-8-13(5-6-14(11)16-2)17-10-12-4-3-7-15-9-12/h5-6,8,12,15H,3-4,7,9-10H2,1-2H3. The van der Waals surface area contributed by atoms with Gasteiger partial charge < -0.3 is 10.1 Å². The smallest absolute Gasteiger partial charge is 0.121 e. The largest absolute Gasteiger partial charge is 0.496 e. The first-order chi connectivity index (χ1) is 8.29. The molecular formula is C14H21NOS. The summed E-state index contributed by atoms with van der Waals surface area (Å²) in [7, 11) is 1.73. The highest BCUT2D eigenvalue weighted by Crippen LogP contribution is 2.28. The van der Waals surface area contributed by atoms with Crippen LogP contribution in [-0.2, 0) is 0 Å². The molecule has 1 unspecified atom stereocenters. The topological polar surface area (TPSA) is 21.3 Å². The predicted octanol–water partition coefficient (Wildman–Crippen LogP) is 3.10. The Labute approximate surface area is 108 Å². The van der Waals surface area contributed by atoms with Crippen LogP contribution in [0.2, 0.25) is 0 Å². The zero-order chi connectivity index (χ0) is 12.1. The number of hydrogen-bond acceptors (Lipinski definition) is 3. The number of hydrogen-bond donors (Lipinski definition) is 1. The molecule has 94 valence electrons. The molecule has 1 atom stereocenters. The number of methoxy groups -OCH3 is 1. The number of aryl methyl sites for hydroxylation is 1. The second-order valence-corrected chi connectivity index (χ2v) is 5.75. The summed E-state index contributed by atoms with van der Waals surface area (Å²) < 4.78 is 5.28. The Bertz CT molecular complexity index is 361. The molecule has 1 aromatic carbocycles. The zero-order valence-corrected chi connectivity index (χ0v) is 11.5. The molecule has 0 spiro atoms. The third kappa shape index (κ3) is 3.65. The highest BCUT2D eigenvalue weighted by molar-refractivity contribution is 7.99. The lowest BCUT2D eigenvalue weighted by atomic mass is 10.0. The molecule has 0 bridgehead atoms. The van der Waals surface area contributed by atoms with Crippen LogP contribution >= 0.6 is 11.8 Å². The van der Waals surface area contributed by atoms with Gasteiger partial charge in [-0.3, -0.25) is 0 Å². The second-order valence-electron chi connectivity index (χ2n) is 4.65. The Morgan fingerprint density at radius 2 is 2.35 bits per heavy atom. The summed E-state index contributed by atoms with van der Waals surface area (Å²) in [4.78, 5) is 1.36. The number of thioether (sulfide) groups is 1. The van der Waals surface area contributed by atoms with Crippen LogP contribution in [0, 0.1) is 12.8 Å². The molecule has 1 aromatic rings. The van der Waals surface area contributed by atoms with Crippen LogP contribution < -0.4 is 10.1 Å². The molecule has 0 aliphatic carbocycles. The maximum atomic E-state index is 5.28. The van der Waals surface area contributed by atoms with Gasteiger partial charge in [0.25, 0.3) is 0 Å². The van der Waals surface area contributed by atoms with E-state index in [2.05, 4.69) is 30.4 Å². The summed E-state index contributed by atoms with van der Waals surface area (Å²) in [5.41, 5.74) is 1.22. The maximum absolute atomic E-state index is 5.28. The molecule has 1 saturated heterocycles. The Morgan fingerprint density at radius 1 is 1.47 bits per heavy atom. The van der Waals surface area contributed by atoms with Crippen molar-refractivity contribution in [2.45, 2.75) is 24.7 Å². The maximum Gasteiger partial charge on any atom is 0.121 e. The lowest BCUT2D eigenvalue weighted by molar-refractivity contribution is 0.410. The van der Waals surface area contributed by atoms with Crippen molar-refractivity contribution in [2.24, 2.45) is 5.92 Å². The van der Waals surface area contributed by atoms with Crippen molar-refractivity contribution >= 4 is 11.8 Å².